The van der Waals surface area contributed by atoms with Gasteiger partial charge < -0.3 is 15.0 Å². The van der Waals surface area contributed by atoms with Crippen molar-refractivity contribution in [1.29, 1.82) is 0 Å². The van der Waals surface area contributed by atoms with Crippen LogP contribution in [0.15, 0.2) is 30.5 Å². The van der Waals surface area contributed by atoms with Gasteiger partial charge in [0.25, 0.3) is 0 Å². The maximum absolute atomic E-state index is 11.9. The van der Waals surface area contributed by atoms with E-state index in [9.17, 15) is 9.59 Å². The predicted octanol–water partition coefficient (Wildman–Crippen LogP) is 1.84. The molecule has 0 aliphatic heterocycles. The minimum atomic E-state index is -1.06. The van der Waals surface area contributed by atoms with Gasteiger partial charge in [-0.25, -0.2) is 4.79 Å². The molecule has 0 aliphatic carbocycles. The molecule has 2 aromatic rings. The first-order chi connectivity index (χ1) is 9.47. The molecule has 6 heteroatoms. The number of aromatic carboxylic acids is 1. The highest BCUT2D eigenvalue weighted by Gasteiger charge is 2.12. The summed E-state index contributed by atoms with van der Waals surface area (Å²) in [6.45, 7) is 3.63. The number of rotatable bonds is 4. The molecule has 6 nitrogen and oxygen atoms in total. The Balaban J connectivity index is 2.09. The number of nitrogens with one attached hydrogen (secondary N) is 1. The van der Waals surface area contributed by atoms with Crippen LogP contribution in [0.3, 0.4) is 0 Å². The van der Waals surface area contributed by atoms with Gasteiger partial charge in [-0.1, -0.05) is 0 Å². The van der Waals surface area contributed by atoms with Gasteiger partial charge in [-0.05, 0) is 38.1 Å². The molecule has 20 heavy (non-hydrogen) atoms. The molecular weight excluding hydrogens is 258 g/mol. The molecule has 0 unspecified atom stereocenters. The minimum absolute atomic E-state index is 0.0536. The molecule has 104 valence electrons. The van der Waals surface area contributed by atoms with Crippen LogP contribution in [0.5, 0.6) is 0 Å². The number of carboxylic acid groups (broad SMARTS) is 1. The number of hydrogen-bond acceptors (Lipinski definition) is 3. The van der Waals surface area contributed by atoms with Crippen molar-refractivity contribution in [2.24, 2.45) is 0 Å². The summed E-state index contributed by atoms with van der Waals surface area (Å²) in [7, 11) is 0. The maximum atomic E-state index is 11.9. The lowest BCUT2D eigenvalue weighted by atomic mass is 10.2. The molecule has 0 spiro atoms. The molecule has 0 aliphatic rings. The number of pyridine rings is 1. The van der Waals surface area contributed by atoms with Gasteiger partial charge in [-0.15, -0.1) is 0 Å². The number of amides is 1. The lowest BCUT2D eigenvalue weighted by Crippen LogP contribution is -2.21. The molecule has 2 heterocycles. The fourth-order valence-corrected chi connectivity index (χ4v) is 1.91. The van der Waals surface area contributed by atoms with Crippen LogP contribution in [-0.2, 0) is 11.3 Å². The summed E-state index contributed by atoms with van der Waals surface area (Å²) in [5.41, 5.74) is 2.31. The fourth-order valence-electron chi connectivity index (χ4n) is 1.91. The minimum Gasteiger partial charge on any atom is -0.477 e. The van der Waals surface area contributed by atoms with Crippen molar-refractivity contribution in [1.82, 2.24) is 9.55 Å². The van der Waals surface area contributed by atoms with Crippen molar-refractivity contribution in [3.8, 4) is 0 Å². The van der Waals surface area contributed by atoms with Crippen molar-refractivity contribution in [2.75, 3.05) is 5.32 Å². The first-order valence-electron chi connectivity index (χ1n) is 6.10. The first kappa shape index (κ1) is 13.8. The van der Waals surface area contributed by atoms with E-state index in [4.69, 9.17) is 5.11 Å². The van der Waals surface area contributed by atoms with Crippen LogP contribution in [0.1, 0.15) is 21.9 Å². The van der Waals surface area contributed by atoms with Gasteiger partial charge >= 0.3 is 5.97 Å². The molecule has 2 rings (SSSR count). The fraction of sp³-hybridized carbons (Fsp3) is 0.214. The molecule has 0 fully saturated rings. The van der Waals surface area contributed by atoms with E-state index >= 15 is 0 Å². The van der Waals surface area contributed by atoms with E-state index in [1.165, 1.54) is 10.6 Å². The van der Waals surface area contributed by atoms with Crippen molar-refractivity contribution in [3.63, 3.8) is 0 Å². The van der Waals surface area contributed by atoms with Crippen LogP contribution < -0.4 is 5.32 Å². The summed E-state index contributed by atoms with van der Waals surface area (Å²) in [4.78, 5) is 27.1. The van der Waals surface area contributed by atoms with Gasteiger partial charge in [0.05, 0.1) is 11.4 Å². The van der Waals surface area contributed by atoms with Crippen LogP contribution >= 0.6 is 0 Å². The van der Waals surface area contributed by atoms with E-state index in [1.807, 2.05) is 6.92 Å². The average molecular weight is 273 g/mol. The average Bonchev–Trinajstić information content (AvgIpc) is 2.81. The zero-order valence-corrected chi connectivity index (χ0v) is 11.3. The van der Waals surface area contributed by atoms with Gasteiger partial charge in [0.15, 0.2) is 0 Å². The second-order valence-electron chi connectivity index (χ2n) is 4.46. The molecule has 1 amide bonds. The topological polar surface area (TPSA) is 84.2 Å². The molecule has 0 saturated carbocycles. The highest BCUT2D eigenvalue weighted by Crippen LogP contribution is 2.13. The zero-order chi connectivity index (χ0) is 14.7. The number of aromatic nitrogens is 2. The summed E-state index contributed by atoms with van der Waals surface area (Å²) in [5, 5.41) is 11.7. The van der Waals surface area contributed by atoms with E-state index in [2.05, 4.69) is 10.3 Å². The van der Waals surface area contributed by atoms with Gasteiger partial charge in [0.2, 0.25) is 5.91 Å². The van der Waals surface area contributed by atoms with Crippen LogP contribution in [0.25, 0.3) is 0 Å². The standard InChI is InChI=1S/C14H15N3O3/c1-9-5-6-11(10(2)15-9)16-13(18)8-17-7-3-4-12(17)14(19)20/h3-7H,8H2,1-2H3,(H,16,18)(H,19,20). The molecule has 2 aromatic heterocycles. The van der Waals surface area contributed by atoms with Crippen molar-refractivity contribution < 1.29 is 14.7 Å². The third kappa shape index (κ3) is 3.03. The lowest BCUT2D eigenvalue weighted by molar-refractivity contribution is -0.116. The van der Waals surface area contributed by atoms with Crippen LogP contribution in [-0.4, -0.2) is 26.5 Å². The Hall–Kier alpha value is -2.63. The highest BCUT2D eigenvalue weighted by molar-refractivity contribution is 5.92. The van der Waals surface area contributed by atoms with Crippen molar-refractivity contribution in [2.45, 2.75) is 20.4 Å². The number of carbonyl (C=O) groups excluding carboxylic acids is 1. The number of nitrogens with zero attached hydrogens (tertiary/aromatic N) is 2. The van der Waals surface area contributed by atoms with Gasteiger partial charge in [0.1, 0.15) is 12.2 Å². The van der Waals surface area contributed by atoms with E-state index in [-0.39, 0.29) is 18.1 Å². The van der Waals surface area contributed by atoms with Crippen molar-refractivity contribution >= 4 is 17.6 Å². The number of carboxylic acids is 1. The summed E-state index contributed by atoms with van der Waals surface area (Å²) in [6, 6.07) is 6.63. The highest BCUT2D eigenvalue weighted by atomic mass is 16.4. The lowest BCUT2D eigenvalue weighted by Gasteiger charge is -2.10. The summed E-state index contributed by atoms with van der Waals surface area (Å²) >= 11 is 0. The number of hydrogen-bond donors (Lipinski definition) is 2. The number of aryl methyl sites for hydroxylation is 2. The summed E-state index contributed by atoms with van der Waals surface area (Å²) in [5.74, 6) is -1.35. The van der Waals surface area contributed by atoms with E-state index in [0.717, 1.165) is 11.4 Å². The molecule has 0 saturated heterocycles. The largest absolute Gasteiger partial charge is 0.477 e. The summed E-state index contributed by atoms with van der Waals surface area (Å²) in [6.07, 6.45) is 1.56. The SMILES string of the molecule is Cc1ccc(NC(=O)Cn2cccc2C(=O)O)c(C)n1. The second-order valence-corrected chi connectivity index (χ2v) is 4.46. The molecular formula is C14H15N3O3. The van der Waals surface area contributed by atoms with Crippen LogP contribution in [0.2, 0.25) is 0 Å². The molecule has 0 bridgehead atoms. The maximum Gasteiger partial charge on any atom is 0.352 e. The zero-order valence-electron chi connectivity index (χ0n) is 11.3. The van der Waals surface area contributed by atoms with Crippen LogP contribution in [0, 0.1) is 13.8 Å². The van der Waals surface area contributed by atoms with Gasteiger partial charge in [-0.3, -0.25) is 9.78 Å². The quantitative estimate of drug-likeness (QED) is 0.890. The normalized spacial score (nSPS) is 10.3. The molecule has 0 atom stereocenters. The number of anilines is 1. The van der Waals surface area contributed by atoms with Crippen LogP contribution in [0.4, 0.5) is 5.69 Å². The molecule has 2 N–H and O–H groups in total. The van der Waals surface area contributed by atoms with E-state index in [1.54, 1.807) is 31.3 Å². The predicted molar refractivity (Wildman–Crippen MR) is 73.7 cm³/mol. The number of carbonyl (C=O) groups is 2. The smallest absolute Gasteiger partial charge is 0.352 e. The molecule has 0 aromatic carbocycles. The Morgan fingerprint density at radius 3 is 2.70 bits per heavy atom. The molecule has 0 radical (unpaired) electrons. The van der Waals surface area contributed by atoms with E-state index < -0.39 is 5.97 Å². The summed E-state index contributed by atoms with van der Waals surface area (Å²) < 4.78 is 1.38. The Bertz CT molecular complexity index is 661. The second kappa shape index (κ2) is 5.56. The first-order valence-corrected chi connectivity index (χ1v) is 6.10. The third-order valence-corrected chi connectivity index (χ3v) is 2.86. The Morgan fingerprint density at radius 2 is 2.05 bits per heavy atom. The van der Waals surface area contributed by atoms with Crippen molar-refractivity contribution in [3.05, 3.63) is 47.5 Å². The monoisotopic (exact) mass is 273 g/mol. The van der Waals surface area contributed by atoms with Gasteiger partial charge in [0, 0.05) is 11.9 Å². The Morgan fingerprint density at radius 1 is 1.30 bits per heavy atom. The van der Waals surface area contributed by atoms with E-state index in [0.29, 0.717) is 5.69 Å². The van der Waals surface area contributed by atoms with Gasteiger partial charge in [-0.2, -0.15) is 0 Å². The third-order valence-electron chi connectivity index (χ3n) is 2.86. The Labute approximate surface area is 116 Å². The Kier molecular flexibility index (Phi) is 3.84.